The lowest BCUT2D eigenvalue weighted by atomic mass is 10.1. The first kappa shape index (κ1) is 30.3. The first-order valence-corrected chi connectivity index (χ1v) is 16.0. The Kier molecular flexibility index (Phi) is 9.40. The molecule has 218 valence electrons. The number of hydrogen-bond donors (Lipinski definition) is 2. The van der Waals surface area contributed by atoms with E-state index in [1.54, 1.807) is 18.2 Å². The zero-order valence-corrected chi connectivity index (χ0v) is 26.2. The highest BCUT2D eigenvalue weighted by Gasteiger charge is 2.24. The Hall–Kier alpha value is -3.14. The number of pyridine rings is 2. The Balaban J connectivity index is 1.32. The minimum atomic E-state index is -3.78. The number of nitrogens with zero attached hydrogens (tertiary/aromatic N) is 3. The molecule has 0 aliphatic heterocycles. The fraction of sp³-hybridized carbons (Fsp3) is 0.226. The fourth-order valence-electron chi connectivity index (χ4n) is 4.85. The molecule has 42 heavy (non-hydrogen) atoms. The second kappa shape index (κ2) is 13.0. The lowest BCUT2D eigenvalue weighted by Crippen LogP contribution is -2.36. The molecule has 0 fully saturated rings. The van der Waals surface area contributed by atoms with Crippen LogP contribution in [0.1, 0.15) is 17.8 Å². The van der Waals surface area contributed by atoms with Crippen LogP contribution in [0.3, 0.4) is 0 Å². The van der Waals surface area contributed by atoms with E-state index in [4.69, 9.17) is 34.8 Å². The maximum Gasteiger partial charge on any atom is 0.243 e. The molecule has 0 aliphatic rings. The summed E-state index contributed by atoms with van der Waals surface area (Å²) in [5.41, 5.74) is 5.16. The summed E-state index contributed by atoms with van der Waals surface area (Å²) in [5, 5.41) is 10.4. The highest BCUT2D eigenvalue weighted by atomic mass is 35.5. The topological polar surface area (TPSA) is 87.2 Å². The largest absolute Gasteiger partial charge is 0.384 e. The molecule has 0 spiro atoms. The monoisotopic (exact) mass is 641 g/mol. The zero-order valence-electron chi connectivity index (χ0n) is 23.2. The smallest absolute Gasteiger partial charge is 0.243 e. The van der Waals surface area contributed by atoms with Crippen molar-refractivity contribution in [3.63, 3.8) is 0 Å². The van der Waals surface area contributed by atoms with Crippen LogP contribution in [0, 0.1) is 13.8 Å². The summed E-state index contributed by atoms with van der Waals surface area (Å²) in [4.78, 5) is 9.35. The molecule has 2 aromatic heterocycles. The number of nitrogens with one attached hydrogen (secondary N) is 2. The van der Waals surface area contributed by atoms with Gasteiger partial charge in [0.15, 0.2) is 0 Å². The molecule has 0 saturated heterocycles. The molecule has 11 heteroatoms. The van der Waals surface area contributed by atoms with Crippen molar-refractivity contribution in [2.24, 2.45) is 0 Å². The molecular weight excluding hydrogens is 613 g/mol. The van der Waals surface area contributed by atoms with Crippen LogP contribution in [-0.4, -0.2) is 48.9 Å². The van der Waals surface area contributed by atoms with Crippen LogP contribution in [0.2, 0.25) is 15.1 Å². The highest BCUT2D eigenvalue weighted by molar-refractivity contribution is 7.89. The summed E-state index contributed by atoms with van der Waals surface area (Å²) < 4.78 is 28.9. The number of sulfonamides is 1. The van der Waals surface area contributed by atoms with E-state index in [9.17, 15) is 8.42 Å². The van der Waals surface area contributed by atoms with Crippen molar-refractivity contribution < 1.29 is 8.42 Å². The van der Waals surface area contributed by atoms with Crippen molar-refractivity contribution in [1.29, 1.82) is 0 Å². The minimum Gasteiger partial charge on any atom is -0.384 e. The second-order valence-electron chi connectivity index (χ2n) is 10.0. The normalized spacial score (nSPS) is 11.9. The van der Waals surface area contributed by atoms with Gasteiger partial charge in [0.2, 0.25) is 10.0 Å². The quantitative estimate of drug-likeness (QED) is 0.142. The van der Waals surface area contributed by atoms with Crippen molar-refractivity contribution in [3.05, 3.63) is 99.3 Å². The predicted octanol–water partition coefficient (Wildman–Crippen LogP) is 7.97. The predicted molar refractivity (Wildman–Crippen MR) is 175 cm³/mol. The number of aromatic nitrogens is 2. The summed E-state index contributed by atoms with van der Waals surface area (Å²) in [6.45, 7) is 5.36. The van der Waals surface area contributed by atoms with Crippen LogP contribution < -0.4 is 10.6 Å². The molecule has 0 amide bonds. The highest BCUT2D eigenvalue weighted by Crippen LogP contribution is 2.28. The third-order valence-corrected chi connectivity index (χ3v) is 9.46. The summed E-state index contributed by atoms with van der Waals surface area (Å²) in [7, 11) is -3.78. The van der Waals surface area contributed by atoms with E-state index in [0.717, 1.165) is 44.6 Å². The summed E-state index contributed by atoms with van der Waals surface area (Å²) in [5.74, 6) is 0. The molecule has 5 rings (SSSR count). The van der Waals surface area contributed by atoms with E-state index < -0.39 is 10.0 Å². The van der Waals surface area contributed by atoms with Gasteiger partial charge < -0.3 is 10.6 Å². The molecule has 2 heterocycles. The molecule has 0 bridgehead atoms. The van der Waals surface area contributed by atoms with E-state index in [-0.39, 0.29) is 11.4 Å². The van der Waals surface area contributed by atoms with Gasteiger partial charge in [0.25, 0.3) is 0 Å². The van der Waals surface area contributed by atoms with Crippen LogP contribution in [-0.2, 0) is 10.0 Å². The molecule has 3 aromatic carbocycles. The first-order chi connectivity index (χ1) is 20.1. The molecule has 0 unspecified atom stereocenters. The Morgan fingerprint density at radius 2 is 1.17 bits per heavy atom. The Morgan fingerprint density at radius 3 is 1.71 bits per heavy atom. The summed E-state index contributed by atoms with van der Waals surface area (Å²) in [6, 6.07) is 21.3. The second-order valence-corrected chi connectivity index (χ2v) is 13.3. The molecule has 0 saturated carbocycles. The first-order valence-electron chi connectivity index (χ1n) is 13.5. The van der Waals surface area contributed by atoms with Gasteiger partial charge in [0.1, 0.15) is 0 Å². The van der Waals surface area contributed by atoms with Crippen molar-refractivity contribution in [3.8, 4) is 0 Å². The number of fused-ring (bicyclic) bond motifs is 2. The average molecular weight is 643 g/mol. The van der Waals surface area contributed by atoms with Crippen molar-refractivity contribution in [1.82, 2.24) is 14.3 Å². The van der Waals surface area contributed by atoms with Crippen LogP contribution in [0.5, 0.6) is 0 Å². The molecule has 0 radical (unpaired) electrons. The number of aryl methyl sites for hydroxylation is 2. The zero-order chi connectivity index (χ0) is 29.9. The van der Waals surface area contributed by atoms with Crippen molar-refractivity contribution in [2.45, 2.75) is 25.2 Å². The van der Waals surface area contributed by atoms with Gasteiger partial charge in [-0.3, -0.25) is 9.97 Å². The Labute approximate surface area is 260 Å². The van der Waals surface area contributed by atoms with Gasteiger partial charge in [-0.05, 0) is 93.1 Å². The SMILES string of the molecule is Cc1cc(NCCCN(CCNc2cc(C)nc3ccc(Cl)cc23)S(=O)(=O)c2ccc(Cl)cc2)c2cc(Cl)ccc2n1. The average Bonchev–Trinajstić information content (AvgIpc) is 2.94. The van der Waals surface area contributed by atoms with Crippen LogP contribution >= 0.6 is 34.8 Å². The summed E-state index contributed by atoms with van der Waals surface area (Å²) in [6.07, 6.45) is 0.573. The maximum absolute atomic E-state index is 13.7. The third kappa shape index (κ3) is 7.07. The molecule has 2 N–H and O–H groups in total. The van der Waals surface area contributed by atoms with E-state index in [1.807, 2.05) is 56.3 Å². The number of anilines is 2. The van der Waals surface area contributed by atoms with Crippen LogP contribution in [0.4, 0.5) is 11.4 Å². The molecule has 0 aliphatic carbocycles. The number of rotatable bonds is 11. The van der Waals surface area contributed by atoms with Crippen LogP contribution in [0.15, 0.2) is 77.7 Å². The molecule has 7 nitrogen and oxygen atoms in total. The Morgan fingerprint density at radius 1 is 0.667 bits per heavy atom. The minimum absolute atomic E-state index is 0.197. The number of halogens is 3. The van der Waals surface area contributed by atoms with Crippen LogP contribution in [0.25, 0.3) is 21.8 Å². The van der Waals surface area contributed by atoms with Gasteiger partial charge in [-0.15, -0.1) is 0 Å². The lowest BCUT2D eigenvalue weighted by molar-refractivity contribution is 0.419. The molecular formula is C31H30Cl3N5O2S. The Bertz CT molecular complexity index is 1850. The molecule has 5 aromatic rings. The van der Waals surface area contributed by atoms with Crippen molar-refractivity contribution >= 4 is 78.0 Å². The van der Waals surface area contributed by atoms with E-state index in [2.05, 4.69) is 20.6 Å². The van der Waals surface area contributed by atoms with Gasteiger partial charge in [-0.1, -0.05) is 34.8 Å². The van der Waals surface area contributed by atoms with Crippen molar-refractivity contribution in [2.75, 3.05) is 36.8 Å². The van der Waals surface area contributed by atoms with E-state index in [1.165, 1.54) is 16.4 Å². The van der Waals surface area contributed by atoms with Gasteiger partial charge in [-0.2, -0.15) is 4.31 Å². The van der Waals surface area contributed by atoms with Gasteiger partial charge in [-0.25, -0.2) is 8.42 Å². The summed E-state index contributed by atoms with van der Waals surface area (Å²) >= 11 is 18.5. The molecule has 0 atom stereocenters. The van der Waals surface area contributed by atoms with E-state index >= 15 is 0 Å². The number of hydrogen-bond acceptors (Lipinski definition) is 6. The van der Waals surface area contributed by atoms with Gasteiger partial charge in [0.05, 0.1) is 15.9 Å². The number of benzene rings is 3. The fourth-order valence-corrected chi connectivity index (χ4v) is 6.80. The standard InChI is InChI=1S/C31H30Cl3N5O2S/c1-20-16-30(26-18-23(33)6-10-28(26)37-20)35-12-3-14-39(42(40,41)25-8-4-22(32)5-9-25)15-13-36-31-17-21(2)38-29-11-7-24(34)19-27(29)31/h4-11,16-19H,3,12-15H2,1-2H3,(H,35,37)(H,36,38). The van der Waals surface area contributed by atoms with Gasteiger partial charge >= 0.3 is 0 Å². The van der Waals surface area contributed by atoms with Gasteiger partial charge in [0, 0.05) is 74.8 Å². The maximum atomic E-state index is 13.7. The third-order valence-electron chi connectivity index (χ3n) is 6.83. The lowest BCUT2D eigenvalue weighted by Gasteiger charge is -2.23. The van der Waals surface area contributed by atoms with E-state index in [0.29, 0.717) is 41.1 Å².